The van der Waals surface area contributed by atoms with Crippen molar-refractivity contribution in [3.63, 3.8) is 0 Å². The van der Waals surface area contributed by atoms with Crippen LogP contribution in [0.25, 0.3) is 0 Å². The van der Waals surface area contributed by atoms with Gasteiger partial charge >= 0.3 is 12.1 Å². The van der Waals surface area contributed by atoms with Crippen molar-refractivity contribution in [3.8, 4) is 5.75 Å². The van der Waals surface area contributed by atoms with Crippen molar-refractivity contribution in [3.05, 3.63) is 54.6 Å². The number of rotatable bonds is 14. The average Bonchev–Trinajstić information content (AvgIpc) is 2.87. The molecule has 1 rings (SSSR count). The average molecular weight is 548 g/mol. The molecule has 11 nitrogen and oxygen atoms in total. The molecule has 0 aliphatic rings. The molecule has 0 unspecified atom stereocenters. The van der Waals surface area contributed by atoms with Crippen molar-refractivity contribution in [1.82, 2.24) is 15.5 Å². The monoisotopic (exact) mass is 547 g/mol. The van der Waals surface area contributed by atoms with Gasteiger partial charge in [-0.05, 0) is 57.4 Å². The molecule has 0 aliphatic heterocycles. The summed E-state index contributed by atoms with van der Waals surface area (Å²) in [5.74, 6) is -1.40. The Bertz CT molecular complexity index is 1030. The molecule has 216 valence electrons. The highest BCUT2D eigenvalue weighted by Gasteiger charge is 2.34. The van der Waals surface area contributed by atoms with Crippen LogP contribution in [0.5, 0.6) is 5.75 Å². The van der Waals surface area contributed by atoms with E-state index in [1.54, 1.807) is 45.0 Å². The van der Waals surface area contributed by atoms with Gasteiger partial charge in [-0.15, -0.1) is 13.2 Å². The smallest absolute Gasteiger partial charge is 0.410 e. The predicted octanol–water partition coefficient (Wildman–Crippen LogP) is 2.70. The van der Waals surface area contributed by atoms with E-state index < -0.39 is 47.6 Å². The molecule has 0 saturated heterocycles. The first-order chi connectivity index (χ1) is 18.3. The van der Waals surface area contributed by atoms with E-state index in [9.17, 15) is 19.2 Å². The number of methoxy groups -OCH3 is 2. The molecule has 3 atom stereocenters. The second kappa shape index (κ2) is 15.5. The van der Waals surface area contributed by atoms with Crippen LogP contribution < -0.4 is 15.4 Å². The highest BCUT2D eigenvalue weighted by atomic mass is 16.6. The second-order valence-corrected chi connectivity index (χ2v) is 9.70. The van der Waals surface area contributed by atoms with E-state index in [1.165, 1.54) is 34.3 Å². The van der Waals surface area contributed by atoms with Crippen LogP contribution in [-0.4, -0.2) is 80.9 Å². The molecule has 0 aromatic heterocycles. The molecule has 3 amide bonds. The molecule has 39 heavy (non-hydrogen) atoms. The molecule has 0 saturated carbocycles. The lowest BCUT2D eigenvalue weighted by atomic mass is 9.99. The van der Waals surface area contributed by atoms with Gasteiger partial charge in [0.2, 0.25) is 11.8 Å². The Balaban J connectivity index is 3.27. The van der Waals surface area contributed by atoms with Gasteiger partial charge in [0.05, 0.1) is 27.4 Å². The number of esters is 1. The minimum atomic E-state index is -1.16. The predicted molar refractivity (Wildman–Crippen MR) is 146 cm³/mol. The third-order valence-corrected chi connectivity index (χ3v) is 5.38. The van der Waals surface area contributed by atoms with Crippen molar-refractivity contribution < 1.29 is 38.1 Å². The number of nitrogens with zero attached hydrogens (tertiary/aromatic N) is 1. The summed E-state index contributed by atoms with van der Waals surface area (Å²) in [7, 11) is 4.15. The topological polar surface area (TPSA) is 132 Å². The van der Waals surface area contributed by atoms with Gasteiger partial charge in [0.25, 0.3) is 0 Å². The van der Waals surface area contributed by atoms with Crippen LogP contribution in [0.2, 0.25) is 0 Å². The number of hydrogen-bond acceptors (Lipinski definition) is 8. The number of allylic oxidation sites excluding steroid dienone is 1. The molecule has 0 heterocycles. The largest absolute Gasteiger partial charge is 0.496 e. The summed E-state index contributed by atoms with van der Waals surface area (Å²) in [6.07, 6.45) is 2.92. The number of carbonyl (C=O) groups excluding carboxylic acids is 4. The van der Waals surface area contributed by atoms with Gasteiger partial charge < -0.3 is 29.6 Å². The standard InChI is InChI=1S/C28H41N3O8/c1-10-12-19-16-20(13-14-22(19)36-8)23(31(7)27(35)39-28(4,5)6)25(33)29-18(3)24(32)30-21(26(34)37-9)17-38-15-11-2/h10-11,13-14,16,18,21,23H,1-2,12,15,17H2,3-9H3,(H,29,33)(H,30,32)/t18-,21-,23-/m0/s1. The van der Waals surface area contributed by atoms with E-state index in [0.29, 0.717) is 17.7 Å². The molecule has 0 radical (unpaired) electrons. The summed E-state index contributed by atoms with van der Waals surface area (Å²) in [5.41, 5.74) is 0.423. The zero-order valence-corrected chi connectivity index (χ0v) is 23.9. The van der Waals surface area contributed by atoms with E-state index in [-0.39, 0.29) is 13.2 Å². The zero-order valence-electron chi connectivity index (χ0n) is 23.9. The Labute approximate surface area is 230 Å². The summed E-state index contributed by atoms with van der Waals surface area (Å²) >= 11 is 0. The number of benzene rings is 1. The van der Waals surface area contributed by atoms with Gasteiger partial charge in [-0.1, -0.05) is 18.2 Å². The maximum absolute atomic E-state index is 13.6. The molecule has 0 fully saturated rings. The van der Waals surface area contributed by atoms with Gasteiger partial charge in [-0.25, -0.2) is 9.59 Å². The van der Waals surface area contributed by atoms with E-state index >= 15 is 0 Å². The van der Waals surface area contributed by atoms with Crippen LogP contribution >= 0.6 is 0 Å². The number of hydrogen-bond donors (Lipinski definition) is 2. The van der Waals surface area contributed by atoms with Crippen LogP contribution in [-0.2, 0) is 35.0 Å². The molecular formula is C28H41N3O8. The molecular weight excluding hydrogens is 506 g/mol. The lowest BCUT2D eigenvalue weighted by Crippen LogP contribution is -2.54. The van der Waals surface area contributed by atoms with Crippen molar-refractivity contribution in [2.24, 2.45) is 0 Å². The van der Waals surface area contributed by atoms with Crippen molar-refractivity contribution in [2.45, 2.75) is 57.8 Å². The minimum absolute atomic E-state index is 0.146. The zero-order chi connectivity index (χ0) is 29.8. The third-order valence-electron chi connectivity index (χ3n) is 5.38. The number of nitrogens with one attached hydrogen (secondary N) is 2. The third kappa shape index (κ3) is 10.4. The molecule has 2 N–H and O–H groups in total. The van der Waals surface area contributed by atoms with Gasteiger partial charge in [0.1, 0.15) is 23.4 Å². The van der Waals surface area contributed by atoms with E-state index in [4.69, 9.17) is 18.9 Å². The van der Waals surface area contributed by atoms with Gasteiger partial charge in [0, 0.05) is 7.05 Å². The van der Waals surface area contributed by atoms with Crippen LogP contribution in [0.4, 0.5) is 4.79 Å². The number of carbonyl (C=O) groups is 4. The highest BCUT2D eigenvalue weighted by Crippen LogP contribution is 2.28. The van der Waals surface area contributed by atoms with Gasteiger partial charge in [-0.3, -0.25) is 14.5 Å². The SMILES string of the molecule is C=CCOC[C@H](NC(=O)[C@H](C)NC(=O)[C@H](c1ccc(OC)c(CC=C)c1)N(C)C(=O)OC(C)(C)C)C(=O)OC. The Kier molecular flexibility index (Phi) is 13.2. The fraction of sp³-hybridized carbons (Fsp3) is 0.500. The Hall–Kier alpha value is -3.86. The van der Waals surface area contributed by atoms with Crippen LogP contribution in [0.15, 0.2) is 43.5 Å². The molecule has 11 heteroatoms. The summed E-state index contributed by atoms with van der Waals surface area (Å²) in [6, 6.07) is 1.76. The van der Waals surface area contributed by atoms with Crippen LogP contribution in [0.1, 0.15) is 44.9 Å². The summed E-state index contributed by atoms with van der Waals surface area (Å²) < 4.78 is 20.9. The summed E-state index contributed by atoms with van der Waals surface area (Å²) in [6.45, 7) is 13.9. The van der Waals surface area contributed by atoms with Crippen LogP contribution in [0.3, 0.4) is 0 Å². The fourth-order valence-corrected chi connectivity index (χ4v) is 3.51. The summed E-state index contributed by atoms with van der Waals surface area (Å²) in [4.78, 5) is 52.6. The molecule has 0 bridgehead atoms. The molecule has 1 aromatic carbocycles. The van der Waals surface area contributed by atoms with Gasteiger partial charge in [-0.2, -0.15) is 0 Å². The Morgan fingerprint density at radius 1 is 1.05 bits per heavy atom. The Morgan fingerprint density at radius 3 is 2.26 bits per heavy atom. The second-order valence-electron chi connectivity index (χ2n) is 9.70. The quantitative estimate of drug-likeness (QED) is 0.206. The van der Waals surface area contributed by atoms with Crippen molar-refractivity contribution in [2.75, 3.05) is 34.5 Å². The van der Waals surface area contributed by atoms with E-state index in [0.717, 1.165) is 10.5 Å². The van der Waals surface area contributed by atoms with Crippen LogP contribution in [0, 0.1) is 0 Å². The minimum Gasteiger partial charge on any atom is -0.496 e. The molecule has 0 aliphatic carbocycles. The molecule has 1 aromatic rings. The number of ether oxygens (including phenoxy) is 4. The van der Waals surface area contributed by atoms with E-state index in [2.05, 4.69) is 23.8 Å². The maximum atomic E-state index is 13.6. The lowest BCUT2D eigenvalue weighted by Gasteiger charge is -2.31. The first-order valence-electron chi connectivity index (χ1n) is 12.4. The van der Waals surface area contributed by atoms with Gasteiger partial charge in [0.15, 0.2) is 6.04 Å². The highest BCUT2D eigenvalue weighted by molar-refractivity contribution is 5.93. The first-order valence-corrected chi connectivity index (χ1v) is 12.4. The Morgan fingerprint density at radius 2 is 1.72 bits per heavy atom. The summed E-state index contributed by atoms with van der Waals surface area (Å²) in [5, 5.41) is 5.14. The normalized spacial score (nSPS) is 13.2. The van der Waals surface area contributed by atoms with Crippen molar-refractivity contribution >= 4 is 23.9 Å². The molecule has 0 spiro atoms. The lowest BCUT2D eigenvalue weighted by molar-refractivity contribution is -0.147. The first kappa shape index (κ1) is 33.2. The van der Waals surface area contributed by atoms with E-state index in [1.807, 2.05) is 0 Å². The fourth-order valence-electron chi connectivity index (χ4n) is 3.51. The number of amides is 3. The maximum Gasteiger partial charge on any atom is 0.410 e. The van der Waals surface area contributed by atoms with Crippen molar-refractivity contribution in [1.29, 1.82) is 0 Å². The number of likely N-dealkylation sites (N-methyl/N-ethyl adjacent to an activating group) is 1.